The molecule has 1 aliphatic heterocycles. The minimum atomic E-state index is -0.295. The quantitative estimate of drug-likeness (QED) is 0.893. The van der Waals surface area contributed by atoms with Crippen LogP contribution in [0.1, 0.15) is 44.0 Å². The molecular weight excluding hydrogens is 331 g/mol. The number of rotatable bonds is 5. The topological polar surface area (TPSA) is 50.2 Å². The molecular formula is C20H27FN4O. The molecule has 1 aromatic heterocycles. The number of carbonyl (C=O) groups is 1. The first-order valence-electron chi connectivity index (χ1n) is 9.26. The number of amides is 1. The van der Waals surface area contributed by atoms with Gasteiger partial charge in [0.15, 0.2) is 0 Å². The van der Waals surface area contributed by atoms with Crippen LogP contribution in [-0.2, 0) is 4.79 Å². The number of benzene rings is 1. The molecule has 0 radical (unpaired) electrons. The standard InChI is InChI=1S/C20H27FN4O/c1-14-7-9-24(10-8-14)13-20(26)23-15(2)19-12-22-25(16(19)3)18-6-4-5-17(21)11-18/h4-6,11-12,14-15H,7-10,13H2,1-3H3,(H,23,26)/t15-/m0/s1. The third kappa shape index (κ3) is 4.30. The molecule has 1 N–H and O–H groups in total. The zero-order valence-corrected chi connectivity index (χ0v) is 15.7. The van der Waals surface area contributed by atoms with Crippen molar-refractivity contribution in [2.24, 2.45) is 5.92 Å². The highest BCUT2D eigenvalue weighted by atomic mass is 19.1. The number of nitrogens with one attached hydrogen (secondary N) is 1. The molecule has 3 rings (SSSR count). The van der Waals surface area contributed by atoms with Crippen LogP contribution in [-0.4, -0.2) is 40.2 Å². The van der Waals surface area contributed by atoms with Crippen molar-refractivity contribution in [1.29, 1.82) is 0 Å². The summed E-state index contributed by atoms with van der Waals surface area (Å²) >= 11 is 0. The van der Waals surface area contributed by atoms with Crippen molar-refractivity contribution in [1.82, 2.24) is 20.0 Å². The van der Waals surface area contributed by atoms with Gasteiger partial charge in [-0.05, 0) is 63.9 Å². The Morgan fingerprint density at radius 2 is 2.12 bits per heavy atom. The fourth-order valence-corrected chi connectivity index (χ4v) is 3.50. The number of carbonyl (C=O) groups excluding carboxylic acids is 1. The van der Waals surface area contributed by atoms with Crippen molar-refractivity contribution in [2.75, 3.05) is 19.6 Å². The Labute approximate surface area is 154 Å². The lowest BCUT2D eigenvalue weighted by atomic mass is 9.99. The van der Waals surface area contributed by atoms with Crippen LogP contribution in [0.4, 0.5) is 4.39 Å². The van der Waals surface area contributed by atoms with Crippen LogP contribution in [0, 0.1) is 18.7 Å². The van der Waals surface area contributed by atoms with E-state index in [1.54, 1.807) is 16.9 Å². The normalized spacial score (nSPS) is 17.2. The SMILES string of the molecule is Cc1c([C@H](C)NC(=O)CN2CCC(C)CC2)cnn1-c1cccc(F)c1. The first-order chi connectivity index (χ1) is 12.4. The van der Waals surface area contributed by atoms with Crippen molar-refractivity contribution in [3.8, 4) is 5.69 Å². The lowest BCUT2D eigenvalue weighted by Gasteiger charge is -2.29. The van der Waals surface area contributed by atoms with Crippen molar-refractivity contribution in [3.05, 3.63) is 47.5 Å². The van der Waals surface area contributed by atoms with Crippen LogP contribution in [0.25, 0.3) is 5.69 Å². The van der Waals surface area contributed by atoms with Crippen LogP contribution >= 0.6 is 0 Å². The molecule has 2 heterocycles. The van der Waals surface area contributed by atoms with E-state index in [0.29, 0.717) is 12.2 Å². The molecule has 0 spiro atoms. The van der Waals surface area contributed by atoms with E-state index in [1.807, 2.05) is 19.9 Å². The van der Waals surface area contributed by atoms with Crippen LogP contribution in [0.5, 0.6) is 0 Å². The summed E-state index contributed by atoms with van der Waals surface area (Å²) in [4.78, 5) is 14.6. The molecule has 0 unspecified atom stereocenters. The van der Waals surface area contributed by atoms with E-state index in [9.17, 15) is 9.18 Å². The van der Waals surface area contributed by atoms with Gasteiger partial charge in [-0.2, -0.15) is 5.10 Å². The molecule has 1 aromatic carbocycles. The van der Waals surface area contributed by atoms with Crippen molar-refractivity contribution >= 4 is 5.91 Å². The second-order valence-corrected chi connectivity index (χ2v) is 7.32. The van der Waals surface area contributed by atoms with Gasteiger partial charge in [-0.1, -0.05) is 13.0 Å². The van der Waals surface area contributed by atoms with Gasteiger partial charge in [0.25, 0.3) is 0 Å². The Morgan fingerprint density at radius 1 is 1.38 bits per heavy atom. The minimum absolute atomic E-state index is 0.0324. The van der Waals surface area contributed by atoms with Gasteiger partial charge in [-0.3, -0.25) is 9.69 Å². The number of hydrogen-bond acceptors (Lipinski definition) is 3. The molecule has 6 heteroatoms. The lowest BCUT2D eigenvalue weighted by molar-refractivity contribution is -0.123. The molecule has 5 nitrogen and oxygen atoms in total. The van der Waals surface area contributed by atoms with Crippen molar-refractivity contribution in [3.63, 3.8) is 0 Å². The molecule has 0 aliphatic carbocycles. The van der Waals surface area contributed by atoms with Gasteiger partial charge in [0.1, 0.15) is 5.82 Å². The van der Waals surface area contributed by atoms with E-state index >= 15 is 0 Å². The third-order valence-corrected chi connectivity index (χ3v) is 5.19. The van der Waals surface area contributed by atoms with Gasteiger partial charge in [0, 0.05) is 11.3 Å². The summed E-state index contributed by atoms with van der Waals surface area (Å²) in [6.07, 6.45) is 4.05. The Kier molecular flexibility index (Phi) is 5.71. The highest BCUT2D eigenvalue weighted by Crippen LogP contribution is 2.21. The molecule has 1 fully saturated rings. The van der Waals surface area contributed by atoms with Crippen LogP contribution in [0.2, 0.25) is 0 Å². The number of nitrogens with zero attached hydrogens (tertiary/aromatic N) is 3. The fraction of sp³-hybridized carbons (Fsp3) is 0.500. The van der Waals surface area contributed by atoms with Crippen molar-refractivity contribution < 1.29 is 9.18 Å². The predicted octanol–water partition coefficient (Wildman–Crippen LogP) is 3.23. The third-order valence-electron chi connectivity index (χ3n) is 5.19. The van der Waals surface area contributed by atoms with E-state index in [2.05, 4.69) is 22.2 Å². The second kappa shape index (κ2) is 7.99. The summed E-state index contributed by atoms with van der Waals surface area (Å²) in [5.41, 5.74) is 2.51. The van der Waals surface area contributed by atoms with Crippen LogP contribution in [0.15, 0.2) is 30.5 Å². The average molecular weight is 358 g/mol. The zero-order valence-electron chi connectivity index (χ0n) is 15.7. The van der Waals surface area contributed by atoms with Gasteiger partial charge in [0.2, 0.25) is 5.91 Å². The molecule has 0 bridgehead atoms. The number of aromatic nitrogens is 2. The number of piperidine rings is 1. The van der Waals surface area contributed by atoms with E-state index in [0.717, 1.165) is 43.1 Å². The Morgan fingerprint density at radius 3 is 2.81 bits per heavy atom. The largest absolute Gasteiger partial charge is 0.348 e. The lowest BCUT2D eigenvalue weighted by Crippen LogP contribution is -2.41. The predicted molar refractivity (Wildman–Crippen MR) is 99.7 cm³/mol. The Bertz CT molecular complexity index is 765. The summed E-state index contributed by atoms with van der Waals surface area (Å²) in [5, 5.41) is 7.43. The van der Waals surface area contributed by atoms with Gasteiger partial charge in [0.05, 0.1) is 24.5 Å². The first-order valence-corrected chi connectivity index (χ1v) is 9.26. The van der Waals surface area contributed by atoms with E-state index in [-0.39, 0.29) is 17.8 Å². The maximum Gasteiger partial charge on any atom is 0.234 e. The van der Waals surface area contributed by atoms with Crippen LogP contribution in [0.3, 0.4) is 0 Å². The summed E-state index contributed by atoms with van der Waals surface area (Å²) in [7, 11) is 0. The van der Waals surface area contributed by atoms with E-state index in [4.69, 9.17) is 0 Å². The summed E-state index contributed by atoms with van der Waals surface area (Å²) in [6.45, 7) is 8.56. The highest BCUT2D eigenvalue weighted by molar-refractivity contribution is 5.78. The van der Waals surface area contributed by atoms with Gasteiger partial charge >= 0.3 is 0 Å². The molecule has 0 saturated carbocycles. The number of hydrogen-bond donors (Lipinski definition) is 1. The molecule has 1 saturated heterocycles. The first kappa shape index (κ1) is 18.6. The summed E-state index contributed by atoms with van der Waals surface area (Å²) in [5.74, 6) is 0.491. The zero-order chi connectivity index (χ0) is 18.7. The minimum Gasteiger partial charge on any atom is -0.348 e. The Balaban J connectivity index is 1.63. The number of halogens is 1. The second-order valence-electron chi connectivity index (χ2n) is 7.32. The maximum absolute atomic E-state index is 13.5. The van der Waals surface area contributed by atoms with E-state index in [1.165, 1.54) is 12.1 Å². The fourth-order valence-electron chi connectivity index (χ4n) is 3.50. The number of likely N-dealkylation sites (tertiary alicyclic amines) is 1. The van der Waals surface area contributed by atoms with Gasteiger partial charge in [-0.15, -0.1) is 0 Å². The van der Waals surface area contributed by atoms with Crippen LogP contribution < -0.4 is 5.32 Å². The molecule has 1 amide bonds. The summed E-state index contributed by atoms with van der Waals surface area (Å²) in [6, 6.07) is 6.19. The summed E-state index contributed by atoms with van der Waals surface area (Å²) < 4.78 is 15.2. The highest BCUT2D eigenvalue weighted by Gasteiger charge is 2.20. The maximum atomic E-state index is 13.5. The average Bonchev–Trinajstić information content (AvgIpc) is 2.98. The molecule has 2 aromatic rings. The molecule has 1 atom stereocenters. The molecule has 26 heavy (non-hydrogen) atoms. The smallest absolute Gasteiger partial charge is 0.234 e. The Hall–Kier alpha value is -2.21. The molecule has 140 valence electrons. The monoisotopic (exact) mass is 358 g/mol. The van der Waals surface area contributed by atoms with Crippen molar-refractivity contribution in [2.45, 2.75) is 39.7 Å². The van der Waals surface area contributed by atoms with Gasteiger partial charge < -0.3 is 5.32 Å². The van der Waals surface area contributed by atoms with E-state index < -0.39 is 0 Å². The van der Waals surface area contributed by atoms with Gasteiger partial charge in [-0.25, -0.2) is 9.07 Å². The molecule has 1 aliphatic rings.